The van der Waals surface area contributed by atoms with Crippen molar-refractivity contribution >= 4 is 32.5 Å². The summed E-state index contributed by atoms with van der Waals surface area (Å²) < 4.78 is 4.28. The van der Waals surface area contributed by atoms with E-state index in [1.165, 1.54) is 22.1 Å². The molecule has 3 heterocycles. The number of nitrogens with one attached hydrogen (secondary N) is 2. The third-order valence-corrected chi connectivity index (χ3v) is 6.00. The average molecular weight is 392 g/mol. The first-order valence-electron chi connectivity index (χ1n) is 8.76. The molecule has 0 amide bonds. The van der Waals surface area contributed by atoms with Crippen LogP contribution in [-0.2, 0) is 6.54 Å². The number of benzene rings is 1. The van der Waals surface area contributed by atoms with Crippen molar-refractivity contribution in [1.82, 2.24) is 14.3 Å². The number of fused-ring (bicyclic) bond motifs is 2. The maximum atomic E-state index is 13.0. The zero-order valence-corrected chi connectivity index (χ0v) is 18.8. The Morgan fingerprint density at radius 2 is 2.00 bits per heavy atom. The minimum atomic E-state index is -0.141. The molecule has 1 unspecified atom stereocenters. The Morgan fingerprint density at radius 1 is 1.26 bits per heavy atom. The van der Waals surface area contributed by atoms with Crippen molar-refractivity contribution in [3.8, 4) is 5.13 Å². The van der Waals surface area contributed by atoms with Crippen LogP contribution in [0.3, 0.4) is 0 Å². The molecule has 0 fully saturated rings. The van der Waals surface area contributed by atoms with Gasteiger partial charge >= 0.3 is 40.2 Å². The van der Waals surface area contributed by atoms with Gasteiger partial charge in [-0.3, -0.25) is 4.79 Å². The molecule has 0 aliphatic rings. The summed E-state index contributed by atoms with van der Waals surface area (Å²) in [4.78, 5) is 28.8. The minimum absolute atomic E-state index is 0. The molecule has 0 saturated carbocycles. The normalized spacial score (nSPS) is 12.4. The maximum Gasteiger partial charge on any atom is 1.00 e. The van der Waals surface area contributed by atoms with E-state index in [2.05, 4.69) is 23.9 Å². The van der Waals surface area contributed by atoms with Crippen molar-refractivity contribution in [2.75, 3.05) is 0 Å². The van der Waals surface area contributed by atoms with Crippen LogP contribution < -0.4 is 45.7 Å². The summed E-state index contributed by atoms with van der Waals surface area (Å²) in [7, 11) is 0. The van der Waals surface area contributed by atoms with E-state index in [1.807, 2.05) is 31.2 Å². The molecular weight excluding hydrogens is 371 g/mol. The average Bonchev–Trinajstić information content (AvgIpc) is 3.19. The first-order chi connectivity index (χ1) is 12.5. The van der Waals surface area contributed by atoms with Crippen molar-refractivity contribution in [2.45, 2.75) is 33.7 Å². The number of aromatic amines is 2. The van der Waals surface area contributed by atoms with Crippen LogP contribution in [0.4, 0.5) is 0 Å². The van der Waals surface area contributed by atoms with Crippen LogP contribution in [0.5, 0.6) is 0 Å². The Bertz CT molecular complexity index is 1200. The second-order valence-electron chi connectivity index (χ2n) is 6.76. The van der Waals surface area contributed by atoms with Gasteiger partial charge in [0.2, 0.25) is 0 Å². The first-order valence-corrected chi connectivity index (χ1v) is 9.57. The summed E-state index contributed by atoms with van der Waals surface area (Å²) in [6.45, 7) is 6.68. The number of para-hydroxylation sites is 1. The molecule has 0 radical (unpaired) electrons. The van der Waals surface area contributed by atoms with Gasteiger partial charge in [0.1, 0.15) is 10.9 Å². The Morgan fingerprint density at radius 3 is 2.70 bits per heavy atom. The number of hydrogen-bond acceptors (Lipinski definition) is 3. The van der Waals surface area contributed by atoms with Gasteiger partial charge in [-0.05, 0) is 36.3 Å². The molecule has 6 nitrogen and oxygen atoms in total. The third-order valence-electron chi connectivity index (χ3n) is 4.95. The second-order valence-corrected chi connectivity index (χ2v) is 7.79. The number of pyridine rings is 1. The number of H-pyrrole nitrogens is 2. The summed E-state index contributed by atoms with van der Waals surface area (Å²) in [6, 6.07) is 9.43. The molecule has 3 aromatic heterocycles. The van der Waals surface area contributed by atoms with Crippen LogP contribution in [0.25, 0.3) is 26.3 Å². The van der Waals surface area contributed by atoms with Crippen LogP contribution in [0.2, 0.25) is 0 Å². The van der Waals surface area contributed by atoms with Gasteiger partial charge in [-0.25, -0.2) is 14.9 Å². The zero-order chi connectivity index (χ0) is 18.4. The maximum absolute atomic E-state index is 13.0. The summed E-state index contributed by atoms with van der Waals surface area (Å²) >= 11 is 1.50. The molecule has 8 heteroatoms. The van der Waals surface area contributed by atoms with Gasteiger partial charge in [0.25, 0.3) is 5.56 Å². The van der Waals surface area contributed by atoms with E-state index < -0.39 is 0 Å². The molecule has 0 saturated heterocycles. The van der Waals surface area contributed by atoms with E-state index in [1.54, 1.807) is 4.57 Å². The number of nitrogens with zero attached hydrogens (tertiary/aromatic N) is 2. The molecule has 27 heavy (non-hydrogen) atoms. The van der Waals surface area contributed by atoms with Crippen LogP contribution >= 0.6 is 11.3 Å². The van der Waals surface area contributed by atoms with Crippen LogP contribution in [0, 0.1) is 12.8 Å². The molecule has 0 bridgehead atoms. The van der Waals surface area contributed by atoms with Crippen molar-refractivity contribution in [1.29, 1.82) is 0 Å². The molecule has 0 aliphatic carbocycles. The van der Waals surface area contributed by atoms with Crippen molar-refractivity contribution in [3.63, 3.8) is 0 Å². The molecule has 4 rings (SSSR count). The van der Waals surface area contributed by atoms with Gasteiger partial charge in [0, 0.05) is 18.3 Å². The van der Waals surface area contributed by atoms with Gasteiger partial charge in [0.15, 0.2) is 0 Å². The fourth-order valence-electron chi connectivity index (χ4n) is 3.23. The van der Waals surface area contributed by atoms with E-state index in [0.717, 1.165) is 16.6 Å². The molecule has 4 aromatic rings. The molecule has 0 aliphatic heterocycles. The number of aryl methyl sites for hydroxylation is 1. The molecule has 0 spiro atoms. The molecular formula is C19H21N4NaO2S+2. The van der Waals surface area contributed by atoms with Gasteiger partial charge in [0.05, 0.1) is 10.2 Å². The zero-order valence-electron chi connectivity index (χ0n) is 16.0. The molecule has 1 atom stereocenters. The van der Waals surface area contributed by atoms with E-state index in [-0.39, 0.29) is 40.7 Å². The van der Waals surface area contributed by atoms with Crippen molar-refractivity contribution in [2.24, 2.45) is 5.92 Å². The molecule has 134 valence electrons. The van der Waals surface area contributed by atoms with E-state index >= 15 is 0 Å². The van der Waals surface area contributed by atoms with Crippen LogP contribution in [0.15, 0.2) is 39.9 Å². The summed E-state index contributed by atoms with van der Waals surface area (Å²) in [5.74, 6) is 0.376. The smallest absolute Gasteiger partial charge is 0.312 e. The van der Waals surface area contributed by atoms with E-state index in [0.29, 0.717) is 34.2 Å². The SMILES string of the molecule is CCC(C)Cn1c(C)c2c(=O)n(-c3[nH+]c4ccccc4s3)[nH]c2cc1=O.[Na+]. The summed E-state index contributed by atoms with van der Waals surface area (Å²) in [6.07, 6.45) is 0.984. The van der Waals surface area contributed by atoms with Gasteiger partial charge in [-0.1, -0.05) is 37.1 Å². The summed E-state index contributed by atoms with van der Waals surface area (Å²) in [5, 5.41) is 4.36. The quantitative estimate of drug-likeness (QED) is 0.492. The third kappa shape index (κ3) is 3.45. The molecule has 2 N–H and O–H groups in total. The summed E-state index contributed by atoms with van der Waals surface area (Å²) in [5.41, 5.74) is 2.05. The Hall–Kier alpha value is -1.67. The van der Waals surface area contributed by atoms with Gasteiger partial charge < -0.3 is 4.57 Å². The van der Waals surface area contributed by atoms with Gasteiger partial charge in [-0.2, -0.15) is 0 Å². The number of hydrogen-bond donors (Lipinski definition) is 1. The number of aromatic nitrogens is 4. The van der Waals surface area contributed by atoms with Gasteiger partial charge in [-0.15, -0.1) is 0 Å². The van der Waals surface area contributed by atoms with Crippen molar-refractivity contribution in [3.05, 3.63) is 56.7 Å². The Kier molecular flexibility index (Phi) is 5.76. The Balaban J connectivity index is 0.00000210. The largest absolute Gasteiger partial charge is 1.00 e. The minimum Gasteiger partial charge on any atom is -0.312 e. The second kappa shape index (κ2) is 7.75. The number of rotatable bonds is 4. The van der Waals surface area contributed by atoms with E-state index in [9.17, 15) is 9.59 Å². The fourth-order valence-corrected chi connectivity index (χ4v) is 4.19. The van der Waals surface area contributed by atoms with E-state index in [4.69, 9.17) is 0 Å². The first kappa shape index (κ1) is 20.1. The molecule has 1 aromatic carbocycles. The van der Waals surface area contributed by atoms with Crippen LogP contribution in [-0.4, -0.2) is 14.3 Å². The van der Waals surface area contributed by atoms with Crippen molar-refractivity contribution < 1.29 is 34.5 Å². The topological polar surface area (TPSA) is 73.9 Å². The van der Waals surface area contributed by atoms with Crippen LogP contribution in [0.1, 0.15) is 26.0 Å². The fraction of sp³-hybridized carbons (Fsp3) is 0.316. The predicted molar refractivity (Wildman–Crippen MR) is 104 cm³/mol. The standard InChI is InChI=1S/C19H20N4O2S.Na/c1-4-11(2)10-22-12(3)17-14(9-16(22)24)21-23(18(17)25)19-20-13-7-5-6-8-15(13)26-19;/h5-9,11,21H,4,10H2,1-3H3;/q;+1/p+1. The predicted octanol–water partition coefficient (Wildman–Crippen LogP) is -0.132. The number of thiazole rings is 1. The Labute approximate surface area is 182 Å². The monoisotopic (exact) mass is 392 g/mol.